The molecule has 1 amide bonds. The van der Waals surface area contributed by atoms with Crippen LogP contribution in [-0.2, 0) is 11.2 Å². The van der Waals surface area contributed by atoms with Crippen molar-refractivity contribution in [3.63, 3.8) is 0 Å². The molecule has 2 heterocycles. The van der Waals surface area contributed by atoms with Crippen molar-refractivity contribution >= 4 is 34.5 Å². The predicted molar refractivity (Wildman–Crippen MR) is 88.3 cm³/mol. The molecular weight excluding hydrogens is 320 g/mol. The smallest absolute Gasteiger partial charge is 0.230 e. The van der Waals surface area contributed by atoms with E-state index in [1.54, 1.807) is 18.4 Å². The van der Waals surface area contributed by atoms with Gasteiger partial charge >= 0.3 is 0 Å². The maximum absolute atomic E-state index is 12.1. The predicted octanol–water partition coefficient (Wildman–Crippen LogP) is 4.55. The molecular formula is C16H13ClN2O2S. The lowest BCUT2D eigenvalue weighted by molar-refractivity contribution is -0.115. The van der Waals surface area contributed by atoms with Gasteiger partial charge in [0.25, 0.3) is 0 Å². The van der Waals surface area contributed by atoms with Crippen molar-refractivity contribution in [2.45, 2.75) is 13.3 Å². The van der Waals surface area contributed by atoms with E-state index in [2.05, 4.69) is 10.3 Å². The van der Waals surface area contributed by atoms with Crippen molar-refractivity contribution in [1.29, 1.82) is 0 Å². The number of furan rings is 1. The Kier molecular flexibility index (Phi) is 4.27. The zero-order valence-electron chi connectivity index (χ0n) is 11.8. The van der Waals surface area contributed by atoms with Crippen LogP contribution in [0, 0.1) is 6.92 Å². The lowest BCUT2D eigenvalue weighted by atomic mass is 10.2. The molecule has 3 rings (SSSR count). The van der Waals surface area contributed by atoms with Crippen LogP contribution < -0.4 is 5.32 Å². The number of hydrogen-bond acceptors (Lipinski definition) is 4. The minimum Gasteiger partial charge on any atom is -0.462 e. The van der Waals surface area contributed by atoms with E-state index in [9.17, 15) is 4.79 Å². The maximum Gasteiger partial charge on any atom is 0.230 e. The average Bonchev–Trinajstić information content (AvgIpc) is 3.12. The SMILES string of the molecule is Cc1cc(Cl)ccc1NC(=O)Cc1csc(-c2ccco2)n1. The van der Waals surface area contributed by atoms with Gasteiger partial charge in [-0.3, -0.25) is 4.79 Å². The van der Waals surface area contributed by atoms with Gasteiger partial charge in [0, 0.05) is 16.1 Å². The zero-order chi connectivity index (χ0) is 15.5. The van der Waals surface area contributed by atoms with E-state index in [4.69, 9.17) is 16.0 Å². The number of nitrogens with one attached hydrogen (secondary N) is 1. The highest BCUT2D eigenvalue weighted by molar-refractivity contribution is 7.13. The van der Waals surface area contributed by atoms with Gasteiger partial charge in [0.15, 0.2) is 10.8 Å². The van der Waals surface area contributed by atoms with E-state index < -0.39 is 0 Å². The number of halogens is 1. The topological polar surface area (TPSA) is 55.1 Å². The standard InChI is InChI=1S/C16H13ClN2O2S/c1-10-7-11(17)4-5-13(10)19-15(20)8-12-9-22-16(18-12)14-3-2-6-21-14/h2-7,9H,8H2,1H3,(H,19,20). The van der Waals surface area contributed by atoms with Gasteiger partial charge in [-0.25, -0.2) is 4.98 Å². The van der Waals surface area contributed by atoms with Crippen molar-refractivity contribution in [3.8, 4) is 10.8 Å². The highest BCUT2D eigenvalue weighted by Crippen LogP contribution is 2.24. The fourth-order valence-corrected chi connectivity index (χ4v) is 3.04. The van der Waals surface area contributed by atoms with Crippen LogP contribution in [0.25, 0.3) is 10.8 Å². The second kappa shape index (κ2) is 6.34. The summed E-state index contributed by atoms with van der Waals surface area (Å²) in [6, 6.07) is 9.02. The highest BCUT2D eigenvalue weighted by Gasteiger charge is 2.11. The summed E-state index contributed by atoms with van der Waals surface area (Å²) in [5.74, 6) is 0.604. The van der Waals surface area contributed by atoms with Crippen LogP contribution in [-0.4, -0.2) is 10.9 Å². The molecule has 0 aliphatic heterocycles. The van der Waals surface area contributed by atoms with E-state index >= 15 is 0 Å². The minimum atomic E-state index is -0.110. The summed E-state index contributed by atoms with van der Waals surface area (Å²) >= 11 is 7.36. The number of anilines is 1. The van der Waals surface area contributed by atoms with Crippen LogP contribution in [0.1, 0.15) is 11.3 Å². The molecule has 112 valence electrons. The summed E-state index contributed by atoms with van der Waals surface area (Å²) in [7, 11) is 0. The molecule has 4 nitrogen and oxygen atoms in total. The minimum absolute atomic E-state index is 0.110. The monoisotopic (exact) mass is 332 g/mol. The molecule has 22 heavy (non-hydrogen) atoms. The number of hydrogen-bond donors (Lipinski definition) is 1. The molecule has 3 aromatic rings. The van der Waals surface area contributed by atoms with E-state index in [0.717, 1.165) is 22.0 Å². The van der Waals surface area contributed by atoms with E-state index in [0.29, 0.717) is 10.8 Å². The van der Waals surface area contributed by atoms with Crippen molar-refractivity contribution in [1.82, 2.24) is 4.98 Å². The third kappa shape index (κ3) is 3.37. The van der Waals surface area contributed by atoms with Crippen LogP contribution in [0.3, 0.4) is 0 Å². The Labute approximate surface area is 136 Å². The molecule has 2 aromatic heterocycles. The summed E-state index contributed by atoms with van der Waals surface area (Å²) in [6.45, 7) is 1.90. The highest BCUT2D eigenvalue weighted by atomic mass is 35.5. The fourth-order valence-electron chi connectivity index (χ4n) is 2.03. The molecule has 0 bridgehead atoms. The van der Waals surface area contributed by atoms with Gasteiger partial charge in [-0.15, -0.1) is 11.3 Å². The molecule has 0 aliphatic carbocycles. The lowest BCUT2D eigenvalue weighted by Crippen LogP contribution is -2.15. The number of amides is 1. The van der Waals surface area contributed by atoms with Gasteiger partial charge in [-0.2, -0.15) is 0 Å². The first-order valence-electron chi connectivity index (χ1n) is 6.66. The first-order valence-corrected chi connectivity index (χ1v) is 7.92. The van der Waals surface area contributed by atoms with E-state index in [1.165, 1.54) is 11.3 Å². The van der Waals surface area contributed by atoms with Crippen LogP contribution in [0.5, 0.6) is 0 Å². The number of carbonyl (C=O) groups is 1. The molecule has 0 aliphatic rings. The Morgan fingerprint density at radius 3 is 3.00 bits per heavy atom. The number of nitrogens with zero attached hydrogens (tertiary/aromatic N) is 1. The molecule has 0 unspecified atom stereocenters. The third-order valence-electron chi connectivity index (χ3n) is 3.09. The number of aromatic nitrogens is 1. The van der Waals surface area contributed by atoms with Crippen LogP contribution in [0.4, 0.5) is 5.69 Å². The Balaban J connectivity index is 1.67. The molecule has 0 saturated heterocycles. The number of thiazole rings is 1. The van der Waals surface area contributed by atoms with Crippen molar-refractivity contribution in [3.05, 3.63) is 58.3 Å². The number of carbonyl (C=O) groups excluding carboxylic acids is 1. The molecule has 1 aromatic carbocycles. The second-order valence-corrected chi connectivity index (χ2v) is 6.10. The molecule has 0 spiro atoms. The van der Waals surface area contributed by atoms with E-state index in [-0.39, 0.29) is 12.3 Å². The van der Waals surface area contributed by atoms with Gasteiger partial charge in [-0.1, -0.05) is 11.6 Å². The molecule has 0 atom stereocenters. The third-order valence-corrected chi connectivity index (χ3v) is 4.23. The first kappa shape index (κ1) is 14.8. The van der Waals surface area contributed by atoms with E-state index in [1.807, 2.05) is 30.5 Å². The number of rotatable bonds is 4. The molecule has 0 radical (unpaired) electrons. The maximum atomic E-state index is 12.1. The van der Waals surface area contributed by atoms with Crippen molar-refractivity contribution < 1.29 is 9.21 Å². The van der Waals surface area contributed by atoms with Crippen molar-refractivity contribution in [2.24, 2.45) is 0 Å². The first-order chi connectivity index (χ1) is 10.6. The average molecular weight is 333 g/mol. The van der Waals surface area contributed by atoms with Crippen LogP contribution >= 0.6 is 22.9 Å². The quantitative estimate of drug-likeness (QED) is 0.762. The lowest BCUT2D eigenvalue weighted by Gasteiger charge is -2.07. The number of benzene rings is 1. The summed E-state index contributed by atoms with van der Waals surface area (Å²) in [5.41, 5.74) is 2.41. The Morgan fingerprint density at radius 2 is 2.27 bits per heavy atom. The van der Waals surface area contributed by atoms with Crippen molar-refractivity contribution in [2.75, 3.05) is 5.32 Å². The largest absolute Gasteiger partial charge is 0.462 e. The van der Waals surface area contributed by atoms with Gasteiger partial charge in [0.1, 0.15) is 0 Å². The van der Waals surface area contributed by atoms with Crippen LogP contribution in [0.15, 0.2) is 46.4 Å². The normalized spacial score (nSPS) is 10.6. The zero-order valence-corrected chi connectivity index (χ0v) is 13.4. The number of aryl methyl sites for hydroxylation is 1. The molecule has 1 N–H and O–H groups in total. The van der Waals surface area contributed by atoms with Gasteiger partial charge in [-0.05, 0) is 42.8 Å². The second-order valence-electron chi connectivity index (χ2n) is 4.81. The summed E-state index contributed by atoms with van der Waals surface area (Å²) in [4.78, 5) is 16.5. The summed E-state index contributed by atoms with van der Waals surface area (Å²) in [6.07, 6.45) is 1.83. The summed E-state index contributed by atoms with van der Waals surface area (Å²) < 4.78 is 5.30. The van der Waals surface area contributed by atoms with Gasteiger partial charge in [0.2, 0.25) is 5.91 Å². The van der Waals surface area contributed by atoms with Crippen LogP contribution in [0.2, 0.25) is 5.02 Å². The summed E-state index contributed by atoms with van der Waals surface area (Å²) in [5, 5.41) is 6.17. The van der Waals surface area contributed by atoms with Gasteiger partial charge < -0.3 is 9.73 Å². The van der Waals surface area contributed by atoms with Gasteiger partial charge in [0.05, 0.1) is 18.4 Å². The molecule has 6 heteroatoms. The Morgan fingerprint density at radius 1 is 1.41 bits per heavy atom. The Hall–Kier alpha value is -2.11. The molecule has 0 fully saturated rings. The fraction of sp³-hybridized carbons (Fsp3) is 0.125. The molecule has 0 saturated carbocycles. The Bertz CT molecular complexity index is 796.